The summed E-state index contributed by atoms with van der Waals surface area (Å²) in [6.45, 7) is 0.380. The molecule has 1 aliphatic rings. The Hall–Kier alpha value is -2.34. The maximum absolute atomic E-state index is 13.8. The van der Waals surface area contributed by atoms with Gasteiger partial charge in [-0.05, 0) is 6.42 Å². The number of rotatable bonds is 8. The molecule has 1 aliphatic heterocycles. The van der Waals surface area contributed by atoms with E-state index in [1.165, 1.54) is 28.5 Å². The number of likely N-dealkylation sites (tertiary alicyclic amines) is 1. The molecule has 0 spiro atoms. The Bertz CT molecular complexity index is 941. The van der Waals surface area contributed by atoms with Gasteiger partial charge >= 0.3 is 5.97 Å². The Morgan fingerprint density at radius 3 is 2.76 bits per heavy atom. The van der Waals surface area contributed by atoms with Gasteiger partial charge in [0.1, 0.15) is 0 Å². The van der Waals surface area contributed by atoms with Gasteiger partial charge in [-0.1, -0.05) is 11.8 Å². The van der Waals surface area contributed by atoms with Gasteiger partial charge in [-0.15, -0.1) is 11.3 Å². The standard InChI is InChI=1S/C17H15F4N3O3S2/c18-9-5-10(14(20)15(21)13(9)19)22-6-8-1-2-12(25)24(8)3-4-28-17-23-11(7-29-17)16(26)27/h5,7-8,22H,1-4,6H2,(H,26,27)/t8-/m1/s1. The molecule has 6 nitrogen and oxygen atoms in total. The van der Waals surface area contributed by atoms with Crippen molar-refractivity contribution in [3.63, 3.8) is 0 Å². The highest BCUT2D eigenvalue weighted by molar-refractivity contribution is 8.01. The van der Waals surface area contributed by atoms with Crippen LogP contribution in [0.15, 0.2) is 15.8 Å². The Labute approximate surface area is 170 Å². The van der Waals surface area contributed by atoms with E-state index >= 15 is 0 Å². The van der Waals surface area contributed by atoms with Crippen molar-refractivity contribution in [2.24, 2.45) is 0 Å². The maximum atomic E-state index is 13.8. The van der Waals surface area contributed by atoms with E-state index < -0.39 is 34.9 Å². The molecule has 1 saturated heterocycles. The number of aromatic carboxylic acids is 1. The molecule has 0 aliphatic carbocycles. The molecule has 0 saturated carbocycles. The van der Waals surface area contributed by atoms with Crippen LogP contribution >= 0.6 is 23.1 Å². The molecule has 1 fully saturated rings. The largest absolute Gasteiger partial charge is 0.476 e. The number of thiazole rings is 1. The SMILES string of the molecule is O=C(O)c1csc(SCCN2C(=O)CC[C@@H]2CNc2cc(F)c(F)c(F)c2F)n1. The number of carboxylic acids is 1. The lowest BCUT2D eigenvalue weighted by Gasteiger charge is -2.25. The van der Waals surface area contributed by atoms with Crippen molar-refractivity contribution in [1.29, 1.82) is 0 Å². The molecule has 0 radical (unpaired) electrons. The van der Waals surface area contributed by atoms with E-state index in [1.807, 2.05) is 0 Å². The van der Waals surface area contributed by atoms with Crippen LogP contribution in [0.5, 0.6) is 0 Å². The number of amides is 1. The zero-order valence-corrected chi connectivity index (χ0v) is 16.4. The lowest BCUT2D eigenvalue weighted by atomic mass is 10.2. The molecule has 3 rings (SSSR count). The zero-order chi connectivity index (χ0) is 21.1. The molecule has 2 heterocycles. The van der Waals surface area contributed by atoms with Crippen LogP contribution in [0.3, 0.4) is 0 Å². The number of hydrogen-bond donors (Lipinski definition) is 2. The summed E-state index contributed by atoms with van der Waals surface area (Å²) in [5, 5.41) is 12.8. The van der Waals surface area contributed by atoms with Crippen molar-refractivity contribution < 1.29 is 32.3 Å². The molecule has 2 N–H and O–H groups in total. The van der Waals surface area contributed by atoms with Gasteiger partial charge in [0.15, 0.2) is 33.3 Å². The average molecular weight is 449 g/mol. The molecule has 1 aromatic heterocycles. The van der Waals surface area contributed by atoms with E-state index in [4.69, 9.17) is 5.11 Å². The number of anilines is 1. The predicted molar refractivity (Wildman–Crippen MR) is 99.3 cm³/mol. The van der Waals surface area contributed by atoms with Crippen LogP contribution < -0.4 is 5.32 Å². The summed E-state index contributed by atoms with van der Waals surface area (Å²) < 4.78 is 54.0. The smallest absolute Gasteiger partial charge is 0.355 e. The number of benzene rings is 1. The van der Waals surface area contributed by atoms with Crippen LogP contribution in [-0.2, 0) is 4.79 Å². The minimum Gasteiger partial charge on any atom is -0.476 e. The number of nitrogens with one attached hydrogen (secondary N) is 1. The van der Waals surface area contributed by atoms with Gasteiger partial charge in [0.05, 0.1) is 5.69 Å². The summed E-state index contributed by atoms with van der Waals surface area (Å²) in [6.07, 6.45) is 0.761. The Balaban J connectivity index is 1.57. The van der Waals surface area contributed by atoms with Crippen molar-refractivity contribution >= 4 is 40.7 Å². The topological polar surface area (TPSA) is 82.5 Å². The zero-order valence-electron chi connectivity index (χ0n) is 14.8. The van der Waals surface area contributed by atoms with E-state index in [9.17, 15) is 27.2 Å². The highest BCUT2D eigenvalue weighted by Gasteiger charge is 2.31. The summed E-state index contributed by atoms with van der Waals surface area (Å²) in [6, 6.07) is 0.206. The summed E-state index contributed by atoms with van der Waals surface area (Å²) in [7, 11) is 0. The van der Waals surface area contributed by atoms with Gasteiger partial charge in [0.2, 0.25) is 5.91 Å². The number of carboxylic acid groups (broad SMARTS) is 1. The highest BCUT2D eigenvalue weighted by Crippen LogP contribution is 2.26. The van der Waals surface area contributed by atoms with Crippen molar-refractivity contribution in [2.75, 3.05) is 24.2 Å². The van der Waals surface area contributed by atoms with Gasteiger partial charge in [-0.3, -0.25) is 4.79 Å². The summed E-state index contributed by atoms with van der Waals surface area (Å²) in [4.78, 5) is 28.5. The van der Waals surface area contributed by atoms with E-state index in [-0.39, 0.29) is 30.6 Å². The summed E-state index contributed by atoms with van der Waals surface area (Å²) >= 11 is 2.49. The predicted octanol–water partition coefficient (Wildman–Crippen LogP) is 3.59. The molecule has 1 aromatic carbocycles. The van der Waals surface area contributed by atoms with Crippen LogP contribution in [0.25, 0.3) is 0 Å². The maximum Gasteiger partial charge on any atom is 0.355 e. The third-order valence-corrected chi connectivity index (χ3v) is 6.34. The van der Waals surface area contributed by atoms with Crippen molar-refractivity contribution in [3.8, 4) is 0 Å². The normalized spacial score (nSPS) is 16.5. The third kappa shape index (κ3) is 4.81. The molecule has 2 aromatic rings. The van der Waals surface area contributed by atoms with Crippen LogP contribution in [0.1, 0.15) is 23.3 Å². The number of carbonyl (C=O) groups is 2. The molecule has 0 bridgehead atoms. The first kappa shape index (κ1) is 21.4. The number of halogens is 4. The van der Waals surface area contributed by atoms with E-state index in [1.54, 1.807) is 4.90 Å². The first-order valence-corrected chi connectivity index (χ1v) is 10.3. The Morgan fingerprint density at radius 1 is 1.31 bits per heavy atom. The lowest BCUT2D eigenvalue weighted by Crippen LogP contribution is -2.39. The van der Waals surface area contributed by atoms with Gasteiger partial charge in [-0.25, -0.2) is 27.3 Å². The fourth-order valence-electron chi connectivity index (χ4n) is 2.90. The van der Waals surface area contributed by atoms with Gasteiger partial charge in [-0.2, -0.15) is 0 Å². The highest BCUT2D eigenvalue weighted by atomic mass is 32.2. The number of aromatic nitrogens is 1. The molecule has 0 unspecified atom stereocenters. The van der Waals surface area contributed by atoms with Crippen LogP contribution in [-0.4, -0.2) is 51.8 Å². The first-order chi connectivity index (χ1) is 13.8. The molecular formula is C17H15F4N3O3S2. The molecule has 12 heteroatoms. The number of hydrogen-bond acceptors (Lipinski definition) is 6. The fraction of sp³-hybridized carbons (Fsp3) is 0.353. The van der Waals surface area contributed by atoms with Gasteiger partial charge in [0, 0.05) is 42.8 Å². The quantitative estimate of drug-likeness (QED) is 0.277. The number of carbonyl (C=O) groups excluding carboxylic acids is 1. The minimum absolute atomic E-state index is 0.0399. The van der Waals surface area contributed by atoms with Crippen molar-refractivity contribution in [3.05, 3.63) is 40.4 Å². The van der Waals surface area contributed by atoms with E-state index in [0.717, 1.165) is 0 Å². The number of thioether (sulfide) groups is 1. The lowest BCUT2D eigenvalue weighted by molar-refractivity contribution is -0.128. The fourth-order valence-corrected chi connectivity index (χ4v) is 4.70. The van der Waals surface area contributed by atoms with Crippen LogP contribution in [0.4, 0.5) is 23.2 Å². The Morgan fingerprint density at radius 2 is 2.07 bits per heavy atom. The molecule has 156 valence electrons. The monoisotopic (exact) mass is 449 g/mol. The van der Waals surface area contributed by atoms with Crippen molar-refractivity contribution in [1.82, 2.24) is 9.88 Å². The van der Waals surface area contributed by atoms with E-state index in [2.05, 4.69) is 10.3 Å². The third-order valence-electron chi connectivity index (χ3n) is 4.34. The van der Waals surface area contributed by atoms with Gasteiger partial charge < -0.3 is 15.3 Å². The minimum atomic E-state index is -1.90. The molecule has 29 heavy (non-hydrogen) atoms. The summed E-state index contributed by atoms with van der Waals surface area (Å²) in [5.41, 5.74) is -0.559. The second kappa shape index (κ2) is 8.99. The number of nitrogens with zero attached hydrogens (tertiary/aromatic N) is 2. The van der Waals surface area contributed by atoms with E-state index in [0.29, 0.717) is 29.1 Å². The molecular weight excluding hydrogens is 434 g/mol. The van der Waals surface area contributed by atoms with Crippen LogP contribution in [0, 0.1) is 23.3 Å². The van der Waals surface area contributed by atoms with Gasteiger partial charge in [0.25, 0.3) is 0 Å². The average Bonchev–Trinajstić information content (AvgIpc) is 3.30. The second-order valence-electron chi connectivity index (χ2n) is 6.16. The summed E-state index contributed by atoms with van der Waals surface area (Å²) in [5.74, 6) is -7.57. The van der Waals surface area contributed by atoms with Crippen molar-refractivity contribution in [2.45, 2.75) is 23.2 Å². The first-order valence-electron chi connectivity index (χ1n) is 8.46. The second-order valence-corrected chi connectivity index (χ2v) is 8.36. The van der Waals surface area contributed by atoms with Crippen LogP contribution in [0.2, 0.25) is 0 Å². The molecule has 1 atom stereocenters. The Kier molecular flexibility index (Phi) is 6.63. The molecule has 1 amide bonds.